The fourth-order valence-electron chi connectivity index (χ4n) is 4.34. The van der Waals surface area contributed by atoms with E-state index in [-0.39, 0.29) is 11.3 Å². The van der Waals surface area contributed by atoms with Crippen LogP contribution in [0.5, 0.6) is 5.75 Å². The second kappa shape index (κ2) is 4.75. The molecule has 0 bridgehead atoms. The molecule has 0 radical (unpaired) electrons. The van der Waals surface area contributed by atoms with Gasteiger partial charge in [-0.25, -0.2) is 0 Å². The van der Waals surface area contributed by atoms with E-state index in [0.717, 1.165) is 43.6 Å². The quantitative estimate of drug-likeness (QED) is 0.591. The molecule has 1 aliphatic heterocycles. The van der Waals surface area contributed by atoms with Crippen molar-refractivity contribution in [3.8, 4) is 5.75 Å². The number of anilines is 1. The SMILES string of the molecule is COc1ccc2c(c1)[C@]1(C[C@@]1(C)c1ccc3c(I)[nH]nc3c1)C(=O)N2. The van der Waals surface area contributed by atoms with E-state index in [1.54, 1.807) is 7.11 Å². The van der Waals surface area contributed by atoms with Crippen LogP contribution in [-0.4, -0.2) is 23.2 Å². The molecule has 25 heavy (non-hydrogen) atoms. The number of hydrogen-bond acceptors (Lipinski definition) is 3. The molecule has 2 heterocycles. The van der Waals surface area contributed by atoms with Gasteiger partial charge in [0.25, 0.3) is 0 Å². The van der Waals surface area contributed by atoms with Gasteiger partial charge in [-0.1, -0.05) is 13.0 Å². The molecule has 2 atom stereocenters. The fraction of sp³-hybridized carbons (Fsp3) is 0.263. The average Bonchev–Trinajstić information content (AvgIpc) is 2.97. The van der Waals surface area contributed by atoms with Gasteiger partial charge >= 0.3 is 0 Å². The summed E-state index contributed by atoms with van der Waals surface area (Å²) in [5.74, 6) is 0.858. The van der Waals surface area contributed by atoms with Gasteiger partial charge in [-0.15, -0.1) is 0 Å². The van der Waals surface area contributed by atoms with Gasteiger partial charge in [-0.05, 0) is 70.5 Å². The number of ether oxygens (including phenoxy) is 1. The third-order valence-electron chi connectivity index (χ3n) is 5.90. The Labute approximate surface area is 158 Å². The Kier molecular flexibility index (Phi) is 2.89. The Balaban J connectivity index is 1.66. The lowest BCUT2D eigenvalue weighted by Crippen LogP contribution is -2.27. The molecule has 1 saturated carbocycles. The van der Waals surface area contributed by atoms with Crippen molar-refractivity contribution in [2.45, 2.75) is 24.2 Å². The highest BCUT2D eigenvalue weighted by Gasteiger charge is 2.73. The van der Waals surface area contributed by atoms with Gasteiger partial charge in [0.15, 0.2) is 0 Å². The second-order valence-corrected chi connectivity index (χ2v) is 8.13. The first-order valence-corrected chi connectivity index (χ1v) is 9.21. The minimum atomic E-state index is -0.520. The minimum absolute atomic E-state index is 0.0787. The highest BCUT2D eigenvalue weighted by Crippen LogP contribution is 2.69. The maximum absolute atomic E-state index is 12.9. The van der Waals surface area contributed by atoms with E-state index in [1.165, 1.54) is 0 Å². The average molecular weight is 445 g/mol. The molecule has 0 unspecified atom stereocenters. The molecule has 1 aliphatic carbocycles. The lowest BCUT2D eigenvalue weighted by Gasteiger charge is -2.18. The van der Waals surface area contributed by atoms with Crippen molar-refractivity contribution in [2.75, 3.05) is 12.4 Å². The summed E-state index contributed by atoms with van der Waals surface area (Å²) in [6, 6.07) is 12.1. The molecule has 1 amide bonds. The first kappa shape index (κ1) is 15.2. The minimum Gasteiger partial charge on any atom is -0.497 e. The predicted molar refractivity (Wildman–Crippen MR) is 104 cm³/mol. The Morgan fingerprint density at radius 1 is 1.24 bits per heavy atom. The first-order valence-electron chi connectivity index (χ1n) is 8.14. The molecule has 2 aromatic carbocycles. The van der Waals surface area contributed by atoms with Crippen molar-refractivity contribution in [3.63, 3.8) is 0 Å². The fourth-order valence-corrected chi connectivity index (χ4v) is 4.92. The summed E-state index contributed by atoms with van der Waals surface area (Å²) in [7, 11) is 1.65. The van der Waals surface area contributed by atoms with Crippen molar-refractivity contribution in [3.05, 3.63) is 51.2 Å². The second-order valence-electron chi connectivity index (χ2n) is 7.05. The summed E-state index contributed by atoms with van der Waals surface area (Å²) < 4.78 is 6.41. The number of methoxy groups -OCH3 is 1. The predicted octanol–water partition coefficient (Wildman–Crippen LogP) is 3.73. The number of carbonyl (C=O) groups is 1. The number of halogens is 1. The monoisotopic (exact) mass is 445 g/mol. The van der Waals surface area contributed by atoms with Gasteiger partial charge < -0.3 is 10.1 Å². The number of nitrogens with one attached hydrogen (secondary N) is 2. The van der Waals surface area contributed by atoms with Crippen LogP contribution in [-0.2, 0) is 15.6 Å². The van der Waals surface area contributed by atoms with E-state index >= 15 is 0 Å². The van der Waals surface area contributed by atoms with Crippen LogP contribution in [0.4, 0.5) is 5.69 Å². The van der Waals surface area contributed by atoms with E-state index in [2.05, 4.69) is 63.2 Å². The van der Waals surface area contributed by atoms with E-state index in [0.29, 0.717) is 0 Å². The van der Waals surface area contributed by atoms with E-state index < -0.39 is 5.41 Å². The third-order valence-corrected chi connectivity index (χ3v) is 6.73. The Morgan fingerprint density at radius 3 is 2.88 bits per heavy atom. The van der Waals surface area contributed by atoms with Crippen molar-refractivity contribution in [1.29, 1.82) is 0 Å². The van der Waals surface area contributed by atoms with Crippen LogP contribution in [0.2, 0.25) is 0 Å². The molecule has 1 fully saturated rings. The zero-order valence-electron chi connectivity index (χ0n) is 13.8. The van der Waals surface area contributed by atoms with Crippen LogP contribution in [0.3, 0.4) is 0 Å². The van der Waals surface area contributed by atoms with Crippen LogP contribution in [0.25, 0.3) is 10.9 Å². The van der Waals surface area contributed by atoms with Crippen molar-refractivity contribution in [2.24, 2.45) is 0 Å². The van der Waals surface area contributed by atoms with Crippen molar-refractivity contribution < 1.29 is 9.53 Å². The van der Waals surface area contributed by atoms with Gasteiger partial charge in [0.05, 0.1) is 18.0 Å². The maximum Gasteiger partial charge on any atom is 0.236 e. The Hall–Kier alpha value is -2.09. The zero-order valence-corrected chi connectivity index (χ0v) is 16.0. The number of amides is 1. The number of hydrogen-bond donors (Lipinski definition) is 2. The molecule has 2 aliphatic rings. The molecule has 3 aromatic rings. The number of aromatic amines is 1. The molecular formula is C19H16IN3O2. The Bertz CT molecular complexity index is 1060. The summed E-state index contributed by atoms with van der Waals surface area (Å²) in [4.78, 5) is 12.9. The number of carbonyl (C=O) groups excluding carboxylic acids is 1. The summed E-state index contributed by atoms with van der Waals surface area (Å²) in [6.45, 7) is 2.17. The first-order chi connectivity index (χ1) is 12.0. The lowest BCUT2D eigenvalue weighted by molar-refractivity contribution is -0.118. The maximum atomic E-state index is 12.9. The van der Waals surface area contributed by atoms with Crippen LogP contribution >= 0.6 is 22.6 Å². The van der Waals surface area contributed by atoms with Crippen molar-refractivity contribution in [1.82, 2.24) is 10.2 Å². The summed E-state index contributed by atoms with van der Waals surface area (Å²) >= 11 is 2.25. The number of aromatic nitrogens is 2. The highest BCUT2D eigenvalue weighted by atomic mass is 127. The van der Waals surface area contributed by atoms with Gasteiger partial charge in [0, 0.05) is 16.5 Å². The Morgan fingerprint density at radius 2 is 2.08 bits per heavy atom. The van der Waals surface area contributed by atoms with Gasteiger partial charge in [0.1, 0.15) is 9.45 Å². The van der Waals surface area contributed by atoms with E-state index in [1.807, 2.05) is 18.2 Å². The molecule has 5 nitrogen and oxygen atoms in total. The van der Waals surface area contributed by atoms with Crippen LogP contribution in [0.1, 0.15) is 24.5 Å². The van der Waals surface area contributed by atoms with Gasteiger partial charge in [0.2, 0.25) is 5.91 Å². The van der Waals surface area contributed by atoms with Gasteiger partial charge in [-0.3, -0.25) is 9.89 Å². The molecule has 5 rings (SSSR count). The van der Waals surface area contributed by atoms with Crippen molar-refractivity contribution >= 4 is 45.1 Å². The molecule has 1 spiro atoms. The molecule has 6 heteroatoms. The molecule has 126 valence electrons. The number of fused-ring (bicyclic) bond motifs is 3. The van der Waals surface area contributed by atoms with E-state index in [9.17, 15) is 4.79 Å². The number of H-pyrrole nitrogens is 1. The highest BCUT2D eigenvalue weighted by molar-refractivity contribution is 14.1. The molecular weight excluding hydrogens is 429 g/mol. The topological polar surface area (TPSA) is 67.0 Å². The van der Waals surface area contributed by atoms with Crippen LogP contribution < -0.4 is 10.1 Å². The standard InChI is InChI=1S/C19H16IN3O2/c1-18(10-3-5-12-15(7-10)22-23-16(12)20)9-19(18)13-8-11(25-2)4-6-14(13)21-17(19)24/h3-8H,9H2,1-2H3,(H,21,24)(H,22,23)/t18-,19+/m0/s1. The summed E-state index contributed by atoms with van der Waals surface area (Å²) in [5, 5.41) is 11.6. The van der Waals surface area contributed by atoms with Crippen LogP contribution in [0.15, 0.2) is 36.4 Å². The van der Waals surface area contributed by atoms with E-state index in [4.69, 9.17) is 4.74 Å². The summed E-state index contributed by atoms with van der Waals surface area (Å²) in [6.07, 6.45) is 0.791. The number of nitrogens with zero attached hydrogens (tertiary/aromatic N) is 1. The number of benzene rings is 2. The summed E-state index contributed by atoms with van der Waals surface area (Å²) in [5.41, 5.74) is 3.26. The largest absolute Gasteiger partial charge is 0.497 e. The third kappa shape index (κ3) is 1.78. The smallest absolute Gasteiger partial charge is 0.236 e. The molecule has 0 saturated heterocycles. The zero-order chi connectivity index (χ0) is 17.4. The number of rotatable bonds is 2. The molecule has 1 aromatic heterocycles. The normalized spacial score (nSPS) is 26.8. The molecule has 2 N–H and O–H groups in total. The van der Waals surface area contributed by atoms with Gasteiger partial charge in [-0.2, -0.15) is 5.10 Å². The van der Waals surface area contributed by atoms with Crippen LogP contribution in [0, 0.1) is 3.70 Å². The lowest BCUT2D eigenvalue weighted by atomic mass is 9.83.